The first-order valence-corrected chi connectivity index (χ1v) is 4.83. The molecule has 0 unspecified atom stereocenters. The summed E-state index contributed by atoms with van der Waals surface area (Å²) in [5, 5.41) is 0. The number of allylic oxidation sites excluding steroid dienone is 1. The summed E-state index contributed by atoms with van der Waals surface area (Å²) < 4.78 is 5.13. The van der Waals surface area contributed by atoms with Crippen molar-refractivity contribution in [3.05, 3.63) is 41.6 Å². The Labute approximate surface area is 89.0 Å². The zero-order valence-electron chi connectivity index (χ0n) is 8.86. The van der Waals surface area contributed by atoms with Gasteiger partial charge in [0.25, 0.3) is 5.91 Å². The van der Waals surface area contributed by atoms with E-state index in [4.69, 9.17) is 4.74 Å². The molecule has 1 aromatic carbocycles. The summed E-state index contributed by atoms with van der Waals surface area (Å²) in [6, 6.07) is 5.55. The van der Waals surface area contributed by atoms with Gasteiger partial charge in [0.05, 0.1) is 7.11 Å². The standard InChI is InChI=1S/C12H13NO2/c1-13-7-3-4-9-8-10(15-2)5-6-11(9)12(13)14/h3,5-8H,4H2,1-2H3. The number of nitrogens with zero attached hydrogens (tertiary/aromatic N) is 1. The van der Waals surface area contributed by atoms with E-state index in [2.05, 4.69) is 0 Å². The van der Waals surface area contributed by atoms with Gasteiger partial charge in [-0.15, -0.1) is 0 Å². The lowest BCUT2D eigenvalue weighted by Crippen LogP contribution is -2.20. The van der Waals surface area contributed by atoms with E-state index in [9.17, 15) is 4.79 Å². The van der Waals surface area contributed by atoms with Crippen molar-refractivity contribution in [2.45, 2.75) is 6.42 Å². The van der Waals surface area contributed by atoms with E-state index in [1.807, 2.05) is 24.3 Å². The summed E-state index contributed by atoms with van der Waals surface area (Å²) in [5.41, 5.74) is 1.77. The van der Waals surface area contributed by atoms with E-state index in [0.717, 1.165) is 23.3 Å². The smallest absolute Gasteiger partial charge is 0.257 e. The fourth-order valence-corrected chi connectivity index (χ4v) is 1.67. The Morgan fingerprint density at radius 2 is 2.20 bits per heavy atom. The third-order valence-electron chi connectivity index (χ3n) is 2.53. The lowest BCUT2D eigenvalue weighted by molar-refractivity contribution is 0.0851. The highest BCUT2D eigenvalue weighted by Crippen LogP contribution is 2.21. The van der Waals surface area contributed by atoms with Gasteiger partial charge in [0.1, 0.15) is 5.75 Å². The van der Waals surface area contributed by atoms with Crippen LogP contribution in [0.5, 0.6) is 5.75 Å². The van der Waals surface area contributed by atoms with Gasteiger partial charge in [-0.2, -0.15) is 0 Å². The molecule has 1 aliphatic heterocycles. The molecule has 3 heteroatoms. The zero-order chi connectivity index (χ0) is 10.8. The molecule has 1 heterocycles. The molecule has 0 aromatic heterocycles. The third-order valence-corrected chi connectivity index (χ3v) is 2.53. The minimum Gasteiger partial charge on any atom is -0.497 e. The lowest BCUT2D eigenvalue weighted by Gasteiger charge is -2.12. The molecule has 0 saturated heterocycles. The van der Waals surface area contributed by atoms with Crippen molar-refractivity contribution in [3.63, 3.8) is 0 Å². The van der Waals surface area contributed by atoms with E-state index in [0.29, 0.717) is 0 Å². The van der Waals surface area contributed by atoms with E-state index < -0.39 is 0 Å². The maximum atomic E-state index is 11.9. The van der Waals surface area contributed by atoms with Crippen LogP contribution in [-0.4, -0.2) is 25.0 Å². The van der Waals surface area contributed by atoms with Crippen LogP contribution >= 0.6 is 0 Å². The molecule has 1 aliphatic rings. The summed E-state index contributed by atoms with van der Waals surface area (Å²) in [4.78, 5) is 13.5. The Balaban J connectivity index is 2.49. The molecule has 0 atom stereocenters. The summed E-state index contributed by atoms with van der Waals surface area (Å²) in [6.45, 7) is 0. The van der Waals surface area contributed by atoms with Crippen LogP contribution in [-0.2, 0) is 6.42 Å². The number of ether oxygens (including phenoxy) is 1. The highest BCUT2D eigenvalue weighted by Gasteiger charge is 2.16. The van der Waals surface area contributed by atoms with Gasteiger partial charge in [-0.1, -0.05) is 6.08 Å². The Hall–Kier alpha value is -1.77. The fraction of sp³-hybridized carbons (Fsp3) is 0.250. The SMILES string of the molecule is COc1ccc2c(c1)CC=CN(C)C2=O. The van der Waals surface area contributed by atoms with Crippen LogP contribution in [0.25, 0.3) is 0 Å². The average Bonchev–Trinajstić information content (AvgIpc) is 2.40. The third kappa shape index (κ3) is 1.73. The van der Waals surface area contributed by atoms with Crippen molar-refractivity contribution in [1.29, 1.82) is 0 Å². The van der Waals surface area contributed by atoms with E-state index >= 15 is 0 Å². The average molecular weight is 203 g/mol. The topological polar surface area (TPSA) is 29.5 Å². The van der Waals surface area contributed by atoms with E-state index in [1.165, 1.54) is 0 Å². The largest absolute Gasteiger partial charge is 0.497 e. The Morgan fingerprint density at radius 3 is 2.93 bits per heavy atom. The summed E-state index contributed by atoms with van der Waals surface area (Å²) >= 11 is 0. The van der Waals surface area contributed by atoms with Gasteiger partial charge in [-0.05, 0) is 30.2 Å². The molecule has 2 rings (SSSR count). The lowest BCUT2D eigenvalue weighted by atomic mass is 10.0. The molecular formula is C12H13NO2. The Bertz CT molecular complexity index is 424. The first-order valence-electron chi connectivity index (χ1n) is 4.83. The number of carbonyl (C=O) groups excluding carboxylic acids is 1. The summed E-state index contributed by atoms with van der Waals surface area (Å²) in [5.74, 6) is 0.820. The van der Waals surface area contributed by atoms with Crippen LogP contribution in [0.2, 0.25) is 0 Å². The maximum absolute atomic E-state index is 11.9. The van der Waals surface area contributed by atoms with Gasteiger partial charge in [0, 0.05) is 18.8 Å². The van der Waals surface area contributed by atoms with Crippen LogP contribution in [0, 0.1) is 0 Å². The number of carbonyl (C=O) groups is 1. The second-order valence-electron chi connectivity index (χ2n) is 3.53. The van der Waals surface area contributed by atoms with Gasteiger partial charge in [-0.25, -0.2) is 0 Å². The molecule has 0 radical (unpaired) electrons. The highest BCUT2D eigenvalue weighted by atomic mass is 16.5. The molecule has 0 spiro atoms. The van der Waals surface area contributed by atoms with Crippen molar-refractivity contribution in [2.24, 2.45) is 0 Å². The zero-order valence-corrected chi connectivity index (χ0v) is 8.86. The van der Waals surface area contributed by atoms with Crippen molar-refractivity contribution in [3.8, 4) is 5.75 Å². The number of methoxy groups -OCH3 is 1. The predicted octanol–water partition coefficient (Wildman–Crippen LogP) is 1.84. The van der Waals surface area contributed by atoms with Crippen LogP contribution < -0.4 is 4.74 Å². The summed E-state index contributed by atoms with van der Waals surface area (Å²) in [7, 11) is 3.39. The number of fused-ring (bicyclic) bond motifs is 1. The van der Waals surface area contributed by atoms with Crippen molar-refractivity contribution in [2.75, 3.05) is 14.2 Å². The van der Waals surface area contributed by atoms with Gasteiger partial charge in [-0.3, -0.25) is 4.79 Å². The van der Waals surface area contributed by atoms with Gasteiger partial charge in [0.15, 0.2) is 0 Å². The number of hydrogen-bond donors (Lipinski definition) is 0. The highest BCUT2D eigenvalue weighted by molar-refractivity contribution is 5.96. The molecule has 0 N–H and O–H groups in total. The normalized spacial score (nSPS) is 14.8. The minimum absolute atomic E-state index is 0.0291. The molecule has 1 aromatic rings. The predicted molar refractivity (Wildman–Crippen MR) is 57.9 cm³/mol. The Morgan fingerprint density at radius 1 is 1.40 bits per heavy atom. The molecule has 0 aliphatic carbocycles. The summed E-state index contributed by atoms with van der Waals surface area (Å²) in [6.07, 6.45) is 4.54. The van der Waals surface area contributed by atoms with Crippen LogP contribution in [0.1, 0.15) is 15.9 Å². The van der Waals surface area contributed by atoms with E-state index in [1.54, 1.807) is 25.3 Å². The molecule has 0 bridgehead atoms. The van der Waals surface area contributed by atoms with Crippen molar-refractivity contribution < 1.29 is 9.53 Å². The van der Waals surface area contributed by atoms with Gasteiger partial charge in [0.2, 0.25) is 0 Å². The number of amides is 1. The van der Waals surface area contributed by atoms with Gasteiger partial charge >= 0.3 is 0 Å². The van der Waals surface area contributed by atoms with E-state index in [-0.39, 0.29) is 5.91 Å². The van der Waals surface area contributed by atoms with Crippen molar-refractivity contribution in [1.82, 2.24) is 4.90 Å². The second-order valence-corrected chi connectivity index (χ2v) is 3.53. The van der Waals surface area contributed by atoms with Crippen molar-refractivity contribution >= 4 is 5.91 Å². The first kappa shape index (κ1) is 9.77. The monoisotopic (exact) mass is 203 g/mol. The number of hydrogen-bond acceptors (Lipinski definition) is 2. The molecular weight excluding hydrogens is 190 g/mol. The first-order chi connectivity index (χ1) is 7.22. The molecule has 3 nitrogen and oxygen atoms in total. The second kappa shape index (κ2) is 3.77. The quantitative estimate of drug-likeness (QED) is 0.697. The maximum Gasteiger partial charge on any atom is 0.257 e. The number of benzene rings is 1. The van der Waals surface area contributed by atoms with Gasteiger partial charge < -0.3 is 9.64 Å². The molecule has 0 fully saturated rings. The van der Waals surface area contributed by atoms with Crippen LogP contribution in [0.3, 0.4) is 0 Å². The van der Waals surface area contributed by atoms with Crippen LogP contribution in [0.15, 0.2) is 30.5 Å². The van der Waals surface area contributed by atoms with Crippen LogP contribution in [0.4, 0.5) is 0 Å². The molecule has 78 valence electrons. The minimum atomic E-state index is 0.0291. The molecule has 15 heavy (non-hydrogen) atoms. The Kier molecular flexibility index (Phi) is 2.46. The molecule has 1 amide bonds. The molecule has 0 saturated carbocycles. The fourth-order valence-electron chi connectivity index (χ4n) is 1.67. The number of rotatable bonds is 1.